The predicted molar refractivity (Wildman–Crippen MR) is 98.9 cm³/mol. The van der Waals surface area contributed by atoms with Gasteiger partial charge in [-0.2, -0.15) is 13.5 Å². The van der Waals surface area contributed by atoms with Crippen molar-refractivity contribution in [2.24, 2.45) is 5.10 Å². The second-order valence-corrected chi connectivity index (χ2v) is 8.67. The highest BCUT2D eigenvalue weighted by molar-refractivity contribution is 9.10. The highest BCUT2D eigenvalue weighted by Gasteiger charge is 2.12. The van der Waals surface area contributed by atoms with E-state index in [1.54, 1.807) is 24.3 Å². The van der Waals surface area contributed by atoms with Crippen LogP contribution in [0.3, 0.4) is 0 Å². The van der Waals surface area contributed by atoms with Crippen LogP contribution in [-0.4, -0.2) is 20.2 Å². The summed E-state index contributed by atoms with van der Waals surface area (Å²) in [7, 11) is -3.67. The first-order chi connectivity index (χ1) is 11.2. The minimum absolute atomic E-state index is 0.150. The number of benzene rings is 2. The molecular formula is C17H19BrN2O3S. The second kappa shape index (κ2) is 7.36. The van der Waals surface area contributed by atoms with E-state index in [9.17, 15) is 8.42 Å². The Hall–Kier alpha value is -1.86. The molecule has 24 heavy (non-hydrogen) atoms. The van der Waals surface area contributed by atoms with Crippen LogP contribution in [0.1, 0.15) is 26.3 Å². The first-order valence-corrected chi connectivity index (χ1v) is 9.53. The summed E-state index contributed by atoms with van der Waals surface area (Å²) in [5, 5.41) is 3.80. The summed E-state index contributed by atoms with van der Waals surface area (Å²) < 4.78 is 30.7. The van der Waals surface area contributed by atoms with Gasteiger partial charge < -0.3 is 4.74 Å². The smallest absolute Gasteiger partial charge is 0.276 e. The van der Waals surface area contributed by atoms with Gasteiger partial charge in [0.2, 0.25) is 0 Å². The Morgan fingerprint density at radius 3 is 2.17 bits per heavy atom. The van der Waals surface area contributed by atoms with Crippen LogP contribution >= 0.6 is 15.9 Å². The van der Waals surface area contributed by atoms with Crippen LogP contribution < -0.4 is 9.57 Å². The van der Waals surface area contributed by atoms with Gasteiger partial charge in [0.1, 0.15) is 11.4 Å². The molecule has 0 bridgehead atoms. The standard InChI is InChI=1S/C17H19BrN2O3S/c1-17(2,3)23-15-8-4-13(5-9-15)12-19-20-24(21,22)16-10-6-14(18)7-11-16/h4-12,20H,1-3H3/b19-12+. The Morgan fingerprint density at radius 1 is 1.04 bits per heavy atom. The van der Waals surface area contributed by atoms with Crippen molar-refractivity contribution >= 4 is 32.2 Å². The minimum Gasteiger partial charge on any atom is -0.488 e. The molecule has 0 unspecified atom stereocenters. The topological polar surface area (TPSA) is 67.8 Å². The van der Waals surface area contributed by atoms with Crippen molar-refractivity contribution in [2.45, 2.75) is 31.3 Å². The average Bonchev–Trinajstić information content (AvgIpc) is 2.48. The van der Waals surface area contributed by atoms with Crippen molar-refractivity contribution in [2.75, 3.05) is 0 Å². The molecule has 0 aromatic heterocycles. The zero-order chi connectivity index (χ0) is 17.8. The van der Waals surface area contributed by atoms with E-state index in [2.05, 4.69) is 25.9 Å². The quantitative estimate of drug-likeness (QED) is 0.599. The molecule has 0 aliphatic rings. The monoisotopic (exact) mass is 410 g/mol. The fourth-order valence-electron chi connectivity index (χ4n) is 1.81. The molecule has 7 heteroatoms. The van der Waals surface area contributed by atoms with Gasteiger partial charge in [-0.15, -0.1) is 0 Å². The summed E-state index contributed by atoms with van der Waals surface area (Å²) in [6.45, 7) is 5.91. The molecule has 0 radical (unpaired) electrons. The number of sulfonamides is 1. The van der Waals surface area contributed by atoms with Gasteiger partial charge in [-0.1, -0.05) is 15.9 Å². The molecule has 0 atom stereocenters. The first-order valence-electron chi connectivity index (χ1n) is 7.25. The molecule has 128 valence electrons. The Bertz CT molecular complexity index is 808. The lowest BCUT2D eigenvalue weighted by atomic mass is 10.2. The molecule has 0 heterocycles. The zero-order valence-electron chi connectivity index (χ0n) is 13.7. The predicted octanol–water partition coefficient (Wildman–Crippen LogP) is 3.94. The van der Waals surface area contributed by atoms with Crippen LogP contribution in [0.25, 0.3) is 0 Å². The highest BCUT2D eigenvalue weighted by atomic mass is 79.9. The molecule has 2 aromatic rings. The number of hydrogen-bond acceptors (Lipinski definition) is 4. The molecule has 0 amide bonds. The van der Waals surface area contributed by atoms with Crippen molar-refractivity contribution in [1.82, 2.24) is 4.83 Å². The fraction of sp³-hybridized carbons (Fsp3) is 0.235. The molecule has 0 aliphatic carbocycles. The number of halogens is 1. The molecule has 0 spiro atoms. The molecule has 2 rings (SSSR count). The lowest BCUT2D eigenvalue weighted by Gasteiger charge is -2.21. The van der Waals surface area contributed by atoms with Crippen molar-refractivity contribution in [3.05, 3.63) is 58.6 Å². The number of hydrazone groups is 1. The normalized spacial score (nSPS) is 12.3. The van der Waals surface area contributed by atoms with Crippen LogP contribution in [0.15, 0.2) is 63.0 Å². The van der Waals surface area contributed by atoms with Crippen LogP contribution in [0, 0.1) is 0 Å². The van der Waals surface area contributed by atoms with Gasteiger partial charge in [0.05, 0.1) is 11.1 Å². The van der Waals surface area contributed by atoms with Crippen LogP contribution in [0.5, 0.6) is 5.75 Å². The fourth-order valence-corrected chi connectivity index (χ4v) is 2.87. The lowest BCUT2D eigenvalue weighted by molar-refractivity contribution is 0.131. The van der Waals surface area contributed by atoms with Crippen molar-refractivity contribution in [3.8, 4) is 5.75 Å². The summed E-state index contributed by atoms with van der Waals surface area (Å²) in [5.74, 6) is 0.745. The van der Waals surface area contributed by atoms with Crippen LogP contribution in [0.4, 0.5) is 0 Å². The summed E-state index contributed by atoms with van der Waals surface area (Å²) in [6.07, 6.45) is 1.44. The maximum atomic E-state index is 12.1. The lowest BCUT2D eigenvalue weighted by Crippen LogP contribution is -2.22. The third kappa shape index (κ3) is 5.65. The van der Waals surface area contributed by atoms with Gasteiger partial charge in [-0.3, -0.25) is 0 Å². The Labute approximate surface area is 150 Å². The van der Waals surface area contributed by atoms with Crippen LogP contribution in [-0.2, 0) is 10.0 Å². The van der Waals surface area contributed by atoms with Crippen molar-refractivity contribution in [3.63, 3.8) is 0 Å². The van der Waals surface area contributed by atoms with Crippen molar-refractivity contribution in [1.29, 1.82) is 0 Å². The van der Waals surface area contributed by atoms with E-state index < -0.39 is 10.0 Å². The maximum Gasteiger partial charge on any atom is 0.276 e. The van der Waals surface area contributed by atoms with Gasteiger partial charge in [0.15, 0.2) is 0 Å². The number of nitrogens with one attached hydrogen (secondary N) is 1. The Morgan fingerprint density at radius 2 is 1.62 bits per heavy atom. The van der Waals surface area contributed by atoms with E-state index in [1.165, 1.54) is 18.3 Å². The molecule has 1 N–H and O–H groups in total. The maximum absolute atomic E-state index is 12.1. The number of rotatable bonds is 5. The van der Waals surface area contributed by atoms with E-state index in [0.29, 0.717) is 0 Å². The van der Waals surface area contributed by atoms with Gasteiger partial charge in [-0.25, -0.2) is 4.83 Å². The summed E-state index contributed by atoms with van der Waals surface area (Å²) in [6, 6.07) is 13.6. The highest BCUT2D eigenvalue weighted by Crippen LogP contribution is 2.18. The zero-order valence-corrected chi connectivity index (χ0v) is 16.1. The minimum atomic E-state index is -3.67. The summed E-state index contributed by atoms with van der Waals surface area (Å²) >= 11 is 3.26. The molecule has 0 aliphatic heterocycles. The average molecular weight is 411 g/mol. The van der Waals surface area contributed by atoms with E-state index in [-0.39, 0.29) is 10.5 Å². The van der Waals surface area contributed by atoms with E-state index >= 15 is 0 Å². The molecule has 0 saturated carbocycles. The van der Waals surface area contributed by atoms with Gasteiger partial charge >= 0.3 is 0 Å². The number of ether oxygens (including phenoxy) is 1. The first kappa shape index (κ1) is 18.5. The molecule has 5 nitrogen and oxygen atoms in total. The molecular weight excluding hydrogens is 392 g/mol. The molecule has 2 aromatic carbocycles. The molecule has 0 fully saturated rings. The van der Waals surface area contributed by atoms with Gasteiger partial charge in [0, 0.05) is 4.47 Å². The van der Waals surface area contributed by atoms with Crippen molar-refractivity contribution < 1.29 is 13.2 Å². The second-order valence-electron chi connectivity index (χ2n) is 6.09. The van der Waals surface area contributed by atoms with Gasteiger partial charge in [-0.05, 0) is 74.9 Å². The van der Waals surface area contributed by atoms with Crippen LogP contribution in [0.2, 0.25) is 0 Å². The van der Waals surface area contributed by atoms with E-state index in [0.717, 1.165) is 15.8 Å². The Balaban J connectivity index is 2.02. The van der Waals surface area contributed by atoms with Gasteiger partial charge in [0.25, 0.3) is 10.0 Å². The molecule has 0 saturated heterocycles. The largest absolute Gasteiger partial charge is 0.488 e. The summed E-state index contributed by atoms with van der Waals surface area (Å²) in [5.41, 5.74) is 0.491. The van der Waals surface area contributed by atoms with E-state index in [4.69, 9.17) is 4.74 Å². The Kier molecular flexibility index (Phi) is 5.66. The third-order valence-corrected chi connectivity index (χ3v) is 4.58. The third-order valence-electron chi connectivity index (χ3n) is 2.81. The van der Waals surface area contributed by atoms with E-state index in [1.807, 2.05) is 32.9 Å². The summed E-state index contributed by atoms with van der Waals surface area (Å²) in [4.78, 5) is 2.34. The number of hydrogen-bond donors (Lipinski definition) is 1. The SMILES string of the molecule is CC(C)(C)Oc1ccc(/C=N/NS(=O)(=O)c2ccc(Br)cc2)cc1. The number of nitrogens with zero attached hydrogens (tertiary/aromatic N) is 1.